The number of rotatable bonds is 1. The highest BCUT2D eigenvalue weighted by molar-refractivity contribution is 5.94. The Labute approximate surface area is 250 Å². The van der Waals surface area contributed by atoms with Crippen LogP contribution in [0.5, 0.6) is 5.75 Å². The van der Waals surface area contributed by atoms with Crippen LogP contribution in [-0.2, 0) is 14.4 Å². The number of aromatic nitrogens is 1. The minimum absolute atomic E-state index is 0.0886. The average Bonchev–Trinajstić information content (AvgIpc) is 3.56. The molecule has 2 atom stereocenters. The number of anilines is 1. The second-order valence-electron chi connectivity index (χ2n) is 11.3. The summed E-state index contributed by atoms with van der Waals surface area (Å²) in [6, 6.07) is 12.4. The van der Waals surface area contributed by atoms with Crippen molar-refractivity contribution in [3.63, 3.8) is 0 Å². The highest BCUT2D eigenvalue weighted by Crippen LogP contribution is 2.26. The van der Waals surface area contributed by atoms with E-state index < -0.39 is 23.6 Å². The van der Waals surface area contributed by atoms with Crippen molar-refractivity contribution in [2.75, 3.05) is 31.6 Å². The van der Waals surface area contributed by atoms with E-state index in [1.54, 1.807) is 37.3 Å². The van der Waals surface area contributed by atoms with Crippen molar-refractivity contribution in [1.82, 2.24) is 14.8 Å². The van der Waals surface area contributed by atoms with Crippen LogP contribution in [0.4, 0.5) is 14.5 Å². The third kappa shape index (κ3) is 9.81. The van der Waals surface area contributed by atoms with Gasteiger partial charge in [0.25, 0.3) is 0 Å². The van der Waals surface area contributed by atoms with E-state index in [9.17, 15) is 28.4 Å². The number of hydrogen-bond acceptors (Lipinski definition) is 5. The number of aryl methyl sites for hydroxylation is 1. The van der Waals surface area contributed by atoms with E-state index in [0.717, 1.165) is 24.1 Å². The maximum absolute atomic E-state index is 13.0. The Morgan fingerprint density at radius 3 is 2.44 bits per heavy atom. The van der Waals surface area contributed by atoms with E-state index in [1.807, 2.05) is 0 Å². The largest absolute Gasteiger partial charge is 0.494 e. The summed E-state index contributed by atoms with van der Waals surface area (Å²) >= 11 is 0. The van der Waals surface area contributed by atoms with Crippen LogP contribution in [0, 0.1) is 41.7 Å². The lowest BCUT2D eigenvalue weighted by Crippen LogP contribution is -2.42. The average molecular weight is 596 g/mol. The van der Waals surface area contributed by atoms with Gasteiger partial charge in [-0.15, -0.1) is 0 Å². The quantitative estimate of drug-likeness (QED) is 0.365. The number of nitriles is 1. The second kappa shape index (κ2) is 15.7. The topological polar surface area (TPSA) is 119 Å². The van der Waals surface area contributed by atoms with Gasteiger partial charge in [0, 0.05) is 35.9 Å². The molecule has 4 bridgehead atoms. The van der Waals surface area contributed by atoms with Crippen LogP contribution in [0.25, 0.3) is 10.9 Å². The molecule has 43 heavy (non-hydrogen) atoms. The van der Waals surface area contributed by atoms with Gasteiger partial charge in [0.05, 0.1) is 30.7 Å². The Kier molecular flexibility index (Phi) is 12.0. The summed E-state index contributed by atoms with van der Waals surface area (Å²) < 4.78 is 31.3. The Hall–Kier alpha value is -4.46. The summed E-state index contributed by atoms with van der Waals surface area (Å²) in [7, 11) is 0. The number of fused-ring (bicyclic) bond motifs is 11. The van der Waals surface area contributed by atoms with Crippen molar-refractivity contribution >= 4 is 34.8 Å². The van der Waals surface area contributed by atoms with E-state index in [-0.39, 0.29) is 31.3 Å². The summed E-state index contributed by atoms with van der Waals surface area (Å²) in [6.45, 7) is 9.33. The molecule has 2 aromatic carbocycles. The molecule has 0 spiro atoms. The Bertz CT molecular complexity index is 1430. The molecular weight excluding hydrogens is 556 g/mol. The molecule has 1 aromatic heterocycles. The standard InChI is InChI=1S/C19H22N4O4.C9H7F2N.C4H10/c20-10-16-9-14-11-23(16)18(25)12-22(13-24)7-1-2-8-27-17-5-3-15(4-6-17)21-19(14)26;1-5-2-7-8(11)3-6(10)4-9(7)12-5;1-4(2)3/h3-6,13-14,16H,1-2,7-9,11-12H2,(H,21,26);2-4,12H,1H3;4H,1-3H3. The van der Waals surface area contributed by atoms with Crippen molar-refractivity contribution in [3.05, 3.63) is 59.8 Å². The van der Waals surface area contributed by atoms with Gasteiger partial charge < -0.3 is 24.8 Å². The summed E-state index contributed by atoms with van der Waals surface area (Å²) in [5.74, 6) is -0.536. The number of amides is 3. The number of carbonyl (C=O) groups excluding carboxylic acids is 3. The maximum Gasteiger partial charge on any atom is 0.243 e. The zero-order valence-electron chi connectivity index (χ0n) is 25.0. The van der Waals surface area contributed by atoms with Crippen LogP contribution in [0.3, 0.4) is 0 Å². The molecule has 0 radical (unpaired) electrons. The summed E-state index contributed by atoms with van der Waals surface area (Å²) in [5.41, 5.74) is 1.97. The van der Waals surface area contributed by atoms with Gasteiger partial charge in [0.2, 0.25) is 18.2 Å². The number of benzene rings is 2. The molecule has 1 saturated heterocycles. The molecule has 3 aliphatic rings. The first-order valence-electron chi connectivity index (χ1n) is 14.4. The highest BCUT2D eigenvalue weighted by Gasteiger charge is 2.39. The van der Waals surface area contributed by atoms with E-state index >= 15 is 0 Å². The van der Waals surface area contributed by atoms with Crippen LogP contribution in [0.15, 0.2) is 42.5 Å². The smallest absolute Gasteiger partial charge is 0.243 e. The lowest BCUT2D eigenvalue weighted by Gasteiger charge is -2.23. The van der Waals surface area contributed by atoms with E-state index in [4.69, 9.17) is 4.74 Å². The zero-order chi connectivity index (χ0) is 31.5. The summed E-state index contributed by atoms with van der Waals surface area (Å²) in [4.78, 5) is 42.1. The van der Waals surface area contributed by atoms with Gasteiger partial charge in [-0.3, -0.25) is 14.4 Å². The number of carbonyl (C=O) groups is 3. The van der Waals surface area contributed by atoms with Gasteiger partial charge in [0.15, 0.2) is 0 Å². The molecule has 2 N–H and O–H groups in total. The molecule has 4 heterocycles. The molecule has 0 saturated carbocycles. The fourth-order valence-corrected chi connectivity index (χ4v) is 4.64. The number of aromatic amines is 1. The third-order valence-corrected chi connectivity index (χ3v) is 6.65. The minimum Gasteiger partial charge on any atom is -0.494 e. The third-order valence-electron chi connectivity index (χ3n) is 6.65. The van der Waals surface area contributed by atoms with Gasteiger partial charge in [-0.05, 0) is 68.5 Å². The van der Waals surface area contributed by atoms with E-state index in [0.29, 0.717) is 48.3 Å². The molecule has 2 unspecified atom stereocenters. The summed E-state index contributed by atoms with van der Waals surface area (Å²) in [6.07, 6.45) is 2.38. The normalized spacial score (nSPS) is 18.9. The molecule has 230 valence electrons. The van der Waals surface area contributed by atoms with Crippen LogP contribution in [-0.4, -0.2) is 65.3 Å². The first kappa shape index (κ1) is 33.0. The van der Waals surface area contributed by atoms with E-state index in [1.165, 1.54) is 15.9 Å². The Morgan fingerprint density at radius 1 is 1.09 bits per heavy atom. The van der Waals surface area contributed by atoms with Crippen molar-refractivity contribution in [3.8, 4) is 11.8 Å². The minimum atomic E-state index is -0.656. The molecule has 1 fully saturated rings. The maximum atomic E-state index is 13.0. The monoisotopic (exact) mass is 595 g/mol. The van der Waals surface area contributed by atoms with Crippen LogP contribution in [0.2, 0.25) is 0 Å². The number of ether oxygens (including phenoxy) is 1. The van der Waals surface area contributed by atoms with Crippen molar-refractivity contribution in [2.24, 2.45) is 11.8 Å². The van der Waals surface area contributed by atoms with Crippen molar-refractivity contribution < 1.29 is 27.9 Å². The fourth-order valence-electron chi connectivity index (χ4n) is 4.64. The molecule has 3 aromatic rings. The van der Waals surface area contributed by atoms with Crippen molar-refractivity contribution in [2.45, 2.75) is 53.0 Å². The van der Waals surface area contributed by atoms with Crippen LogP contribution < -0.4 is 10.1 Å². The first-order chi connectivity index (χ1) is 20.5. The Morgan fingerprint density at radius 2 is 1.79 bits per heavy atom. The molecule has 6 rings (SSSR count). The molecular formula is C32H39F2N5O4. The lowest BCUT2D eigenvalue weighted by atomic mass is 10.1. The van der Waals surface area contributed by atoms with Gasteiger partial charge in [-0.1, -0.05) is 20.8 Å². The fraction of sp³-hybridized carbons (Fsp3) is 0.438. The van der Waals surface area contributed by atoms with Gasteiger partial charge in [-0.25, -0.2) is 8.78 Å². The molecule has 3 amide bonds. The molecule has 11 heteroatoms. The SMILES string of the molecule is CC(C)C.Cc1cc2c(F)cc(F)cc2[nH]1.N#CC1CC2CN1C(=O)CN(C=O)CCCCOc1ccc(cc1)NC2=O. The predicted octanol–water partition coefficient (Wildman–Crippen LogP) is 5.41. The number of halogens is 2. The van der Waals surface area contributed by atoms with Crippen LogP contribution >= 0.6 is 0 Å². The number of nitrogens with one attached hydrogen (secondary N) is 2. The van der Waals surface area contributed by atoms with Gasteiger partial charge >= 0.3 is 0 Å². The number of H-pyrrole nitrogens is 1. The van der Waals surface area contributed by atoms with Gasteiger partial charge in [0.1, 0.15) is 23.4 Å². The second-order valence-corrected chi connectivity index (χ2v) is 11.3. The first-order valence-corrected chi connectivity index (χ1v) is 14.4. The van der Waals surface area contributed by atoms with Crippen LogP contribution in [0.1, 0.15) is 45.7 Å². The van der Waals surface area contributed by atoms with E-state index in [2.05, 4.69) is 37.1 Å². The number of hydrogen-bond donors (Lipinski definition) is 2. The lowest BCUT2D eigenvalue weighted by molar-refractivity contribution is -0.136. The number of nitrogens with zero attached hydrogens (tertiary/aromatic N) is 3. The Balaban J connectivity index is 0.000000260. The van der Waals surface area contributed by atoms with Crippen molar-refractivity contribution in [1.29, 1.82) is 5.26 Å². The van der Waals surface area contributed by atoms with Gasteiger partial charge in [-0.2, -0.15) is 5.26 Å². The highest BCUT2D eigenvalue weighted by atomic mass is 19.1. The predicted molar refractivity (Wildman–Crippen MR) is 160 cm³/mol. The summed E-state index contributed by atoms with van der Waals surface area (Å²) in [5, 5.41) is 12.6. The zero-order valence-corrected chi connectivity index (χ0v) is 25.0. The molecule has 3 aliphatic heterocycles. The molecule has 0 aliphatic carbocycles. The molecule has 9 nitrogen and oxygen atoms in total.